The van der Waals surface area contributed by atoms with Gasteiger partial charge in [-0.25, -0.2) is 0 Å². The topological polar surface area (TPSA) is 278 Å². The monoisotopic (exact) mass is 1080 g/mol. The van der Waals surface area contributed by atoms with Gasteiger partial charge in [0, 0.05) is 128 Å². The first kappa shape index (κ1) is 55.6. The van der Waals surface area contributed by atoms with E-state index in [1.807, 2.05) is 78.0 Å². The third kappa shape index (κ3) is 14.0. The zero-order valence-corrected chi connectivity index (χ0v) is 44.2. The summed E-state index contributed by atoms with van der Waals surface area (Å²) >= 11 is 0. The maximum absolute atomic E-state index is 14.7. The average molecular weight is 1080 g/mol. The number of benzene rings is 2. The Bertz CT molecular complexity index is 2510. The maximum atomic E-state index is 14.7. The van der Waals surface area contributed by atoms with Crippen molar-refractivity contribution in [1.29, 1.82) is 0 Å². The first-order valence-electron chi connectivity index (χ1n) is 27.0. The molecule has 3 amide bonds. The SMILES string of the molecule is O=C(O)CN1CCN(CC(=O)O)CCN(CC(=O)N(CCn2cc(CN3CCC4(CC3)C(=O)NCN4c3ccccc3)nn2)CCn2cc(CN3CCC4(CC3)C(=O)NCN4c3ccccc3)nn2)CCN(CC(=O)O)CC1. The van der Waals surface area contributed by atoms with Crippen LogP contribution in [0.3, 0.4) is 0 Å². The number of aliphatic carboxylic acids is 3. The lowest BCUT2D eigenvalue weighted by Gasteiger charge is -2.43. The minimum Gasteiger partial charge on any atom is -0.480 e. The minimum absolute atomic E-state index is 0.0372. The lowest BCUT2D eigenvalue weighted by molar-refractivity contribution is -0.140. The first-order chi connectivity index (χ1) is 37.7. The predicted molar refractivity (Wildman–Crippen MR) is 284 cm³/mol. The molecule has 0 radical (unpaired) electrons. The summed E-state index contributed by atoms with van der Waals surface area (Å²) in [7, 11) is 0. The Labute approximate surface area is 453 Å². The lowest BCUT2D eigenvalue weighted by Crippen LogP contribution is -2.56. The fourth-order valence-corrected chi connectivity index (χ4v) is 11.6. The van der Waals surface area contributed by atoms with E-state index in [9.17, 15) is 44.1 Å². The molecule has 9 rings (SSSR count). The van der Waals surface area contributed by atoms with Crippen molar-refractivity contribution in [3.63, 3.8) is 0 Å². The Kier molecular flexibility index (Phi) is 18.2. The standard InChI is InChI=1S/C52H73N17O9/c70-45(35-61-19-21-62(36-46(71)72)23-25-64(38-48(75)76)26-24-63(22-20-61)37-47(73)74)65(27-29-66-33-41(55-57-66)31-59-15-11-51(12-16-59)49(77)53-39-68(51)43-7-3-1-4-8-43)28-30-67-34-42(56-58-67)32-60-17-13-52(14-18-60)50(78)54-40-69(52)44-9-5-2-6-10-44/h1-10,33-34H,11-32,35-40H2,(H,53,77)(H,54,78)(H,71,72)(H,73,74)(H,75,76). The summed E-state index contributed by atoms with van der Waals surface area (Å²) in [6.45, 7) is 7.36. The van der Waals surface area contributed by atoms with Crippen LogP contribution in [0.5, 0.6) is 0 Å². The van der Waals surface area contributed by atoms with Gasteiger partial charge < -0.3 is 40.7 Å². The number of hydrogen-bond donors (Lipinski definition) is 5. The van der Waals surface area contributed by atoms with Crippen molar-refractivity contribution >= 4 is 47.0 Å². The number of rotatable bonds is 20. The summed E-state index contributed by atoms with van der Waals surface area (Å²) in [5, 5.41) is 53.2. The molecular weight excluding hydrogens is 1010 g/mol. The summed E-state index contributed by atoms with van der Waals surface area (Å²) in [6.07, 6.45) is 6.43. The van der Waals surface area contributed by atoms with Gasteiger partial charge in [-0.3, -0.25) is 67.5 Å². The predicted octanol–water partition coefficient (Wildman–Crippen LogP) is -1.27. The van der Waals surface area contributed by atoms with Crippen LogP contribution in [-0.4, -0.2) is 257 Å². The van der Waals surface area contributed by atoms with E-state index < -0.39 is 29.0 Å². The van der Waals surface area contributed by atoms with E-state index in [0.717, 1.165) is 22.8 Å². The Morgan fingerprint density at radius 2 is 0.833 bits per heavy atom. The van der Waals surface area contributed by atoms with Gasteiger partial charge in [0.1, 0.15) is 11.1 Å². The number of likely N-dealkylation sites (tertiary alicyclic amines) is 2. The third-order valence-corrected chi connectivity index (χ3v) is 16.0. The molecule has 2 aromatic carbocycles. The number of carboxylic acids is 3. The van der Waals surface area contributed by atoms with Crippen LogP contribution in [0.4, 0.5) is 11.4 Å². The summed E-state index contributed by atoms with van der Waals surface area (Å²) in [6, 6.07) is 20.0. The summed E-state index contributed by atoms with van der Waals surface area (Å²) in [5.41, 5.74) is 2.34. The van der Waals surface area contributed by atoms with Gasteiger partial charge in [-0.05, 0) is 49.9 Å². The number of anilines is 2. The summed E-state index contributed by atoms with van der Waals surface area (Å²) in [5.74, 6) is -3.19. The highest BCUT2D eigenvalue weighted by molar-refractivity contribution is 5.94. The molecule has 5 saturated heterocycles. The van der Waals surface area contributed by atoms with E-state index in [4.69, 9.17) is 0 Å². The van der Waals surface area contributed by atoms with Gasteiger partial charge in [0.05, 0.1) is 64.0 Å². The molecule has 4 aromatic rings. The second-order valence-electron chi connectivity index (χ2n) is 21.1. The quantitative estimate of drug-likeness (QED) is 0.0690. The molecule has 0 unspecified atom stereocenters. The molecule has 0 atom stereocenters. The van der Waals surface area contributed by atoms with Gasteiger partial charge in [0.2, 0.25) is 17.7 Å². The number of hydrogen-bond acceptors (Lipinski definition) is 18. The van der Waals surface area contributed by atoms with Crippen molar-refractivity contribution in [2.75, 3.05) is 141 Å². The molecule has 5 N–H and O–H groups in total. The van der Waals surface area contributed by atoms with Crippen LogP contribution in [0, 0.1) is 0 Å². The molecular formula is C52H73N17O9. The number of amides is 3. The van der Waals surface area contributed by atoms with E-state index in [1.54, 1.807) is 29.0 Å². The van der Waals surface area contributed by atoms with E-state index >= 15 is 0 Å². The number of nitrogens with zero attached hydrogens (tertiary/aromatic N) is 15. The van der Waals surface area contributed by atoms with Crippen LogP contribution < -0.4 is 20.4 Å². The van der Waals surface area contributed by atoms with Crippen LogP contribution in [0.25, 0.3) is 0 Å². The van der Waals surface area contributed by atoms with Gasteiger partial charge in [-0.1, -0.05) is 46.8 Å². The van der Waals surface area contributed by atoms with Gasteiger partial charge >= 0.3 is 17.9 Å². The van der Waals surface area contributed by atoms with Crippen molar-refractivity contribution in [2.45, 2.75) is 62.9 Å². The molecule has 5 fully saturated rings. The van der Waals surface area contributed by atoms with Gasteiger partial charge in [-0.15, -0.1) is 10.2 Å². The molecule has 0 saturated carbocycles. The number of carbonyl (C=O) groups is 6. The summed E-state index contributed by atoms with van der Waals surface area (Å²) in [4.78, 5) is 94.6. The molecule has 5 aliphatic heterocycles. The van der Waals surface area contributed by atoms with E-state index in [1.165, 1.54) is 0 Å². The largest absolute Gasteiger partial charge is 0.480 e. The number of para-hydroxylation sites is 2. The molecule has 2 aromatic heterocycles. The normalized spacial score (nSPS) is 20.4. The summed E-state index contributed by atoms with van der Waals surface area (Å²) < 4.78 is 3.45. The highest BCUT2D eigenvalue weighted by atomic mass is 16.4. The van der Waals surface area contributed by atoms with E-state index in [0.29, 0.717) is 104 Å². The van der Waals surface area contributed by atoms with Gasteiger partial charge in [0.25, 0.3) is 0 Å². The van der Waals surface area contributed by atoms with Gasteiger partial charge in [0.15, 0.2) is 0 Å². The van der Waals surface area contributed by atoms with Crippen LogP contribution >= 0.6 is 0 Å². The van der Waals surface area contributed by atoms with Crippen molar-refractivity contribution in [2.24, 2.45) is 0 Å². The second-order valence-corrected chi connectivity index (χ2v) is 21.1. The minimum atomic E-state index is -1.04. The Morgan fingerprint density at radius 1 is 0.487 bits per heavy atom. The van der Waals surface area contributed by atoms with Crippen LogP contribution in [0.2, 0.25) is 0 Å². The van der Waals surface area contributed by atoms with Crippen LogP contribution in [-0.2, 0) is 54.9 Å². The molecule has 26 heteroatoms. The van der Waals surface area contributed by atoms with E-state index in [-0.39, 0.29) is 96.3 Å². The molecule has 5 aliphatic rings. The van der Waals surface area contributed by atoms with Crippen LogP contribution in [0.15, 0.2) is 73.1 Å². The highest BCUT2D eigenvalue weighted by Crippen LogP contribution is 2.38. The number of nitrogens with one attached hydrogen (secondary N) is 2. The number of carboxylic acid groups (broad SMARTS) is 3. The molecule has 78 heavy (non-hydrogen) atoms. The fraction of sp³-hybridized carbons (Fsp3) is 0.577. The van der Waals surface area contributed by atoms with Crippen molar-refractivity contribution in [1.82, 2.24) is 74.9 Å². The third-order valence-electron chi connectivity index (χ3n) is 16.0. The van der Waals surface area contributed by atoms with E-state index in [2.05, 4.69) is 50.9 Å². The average Bonchev–Trinajstić information content (AvgIpc) is 4.27. The Hall–Kier alpha value is -7.10. The Balaban J connectivity index is 0.852. The molecule has 2 spiro atoms. The van der Waals surface area contributed by atoms with Gasteiger partial charge in [-0.2, -0.15) is 0 Å². The first-order valence-corrected chi connectivity index (χ1v) is 27.0. The molecule has 420 valence electrons. The fourth-order valence-electron chi connectivity index (χ4n) is 11.6. The maximum Gasteiger partial charge on any atom is 0.317 e. The smallest absolute Gasteiger partial charge is 0.317 e. The highest BCUT2D eigenvalue weighted by Gasteiger charge is 2.51. The van der Waals surface area contributed by atoms with Crippen molar-refractivity contribution in [3.8, 4) is 0 Å². The number of carbonyl (C=O) groups excluding carboxylic acids is 3. The number of piperidine rings is 2. The second kappa shape index (κ2) is 25.6. The van der Waals surface area contributed by atoms with Crippen molar-refractivity contribution in [3.05, 3.63) is 84.4 Å². The van der Waals surface area contributed by atoms with Crippen LogP contribution in [0.1, 0.15) is 37.1 Å². The zero-order valence-electron chi connectivity index (χ0n) is 44.2. The lowest BCUT2D eigenvalue weighted by atomic mass is 9.85. The van der Waals surface area contributed by atoms with Crippen molar-refractivity contribution < 1.29 is 44.1 Å². The Morgan fingerprint density at radius 3 is 1.18 bits per heavy atom. The zero-order chi connectivity index (χ0) is 54.7. The molecule has 26 nitrogen and oxygen atoms in total. The number of aromatic nitrogens is 6. The molecule has 0 bridgehead atoms. The molecule has 7 heterocycles. The molecule has 0 aliphatic carbocycles.